The van der Waals surface area contributed by atoms with Crippen LogP contribution in [0.4, 0.5) is 5.69 Å². The first-order valence-electron chi connectivity index (χ1n) is 3.76. The second kappa shape index (κ2) is 4.12. The van der Waals surface area contributed by atoms with Gasteiger partial charge in [0.25, 0.3) is 0 Å². The molecule has 0 unspecified atom stereocenters. The maximum atomic E-state index is 8.29. The number of rotatable bonds is 1. The Morgan fingerprint density at radius 1 is 1.46 bits per heavy atom. The van der Waals surface area contributed by atoms with Crippen LogP contribution in [0.15, 0.2) is 35.3 Å². The number of nitriles is 1. The molecule has 0 aliphatic heterocycles. The van der Waals surface area contributed by atoms with Crippen LogP contribution in [-0.2, 0) is 0 Å². The number of nitrogens with two attached hydrogens (primary N) is 1. The first kappa shape index (κ1) is 9.07. The van der Waals surface area contributed by atoms with Gasteiger partial charge in [0.2, 0.25) is 12.2 Å². The van der Waals surface area contributed by atoms with Crippen molar-refractivity contribution in [1.82, 2.24) is 0 Å². The lowest BCUT2D eigenvalue weighted by Gasteiger charge is -2.16. The van der Waals surface area contributed by atoms with Gasteiger partial charge in [0.1, 0.15) is 0 Å². The second-order valence-corrected chi connectivity index (χ2v) is 2.46. The van der Waals surface area contributed by atoms with Crippen LogP contribution in [0.2, 0.25) is 0 Å². The highest BCUT2D eigenvalue weighted by atomic mass is 15.2. The quantitative estimate of drug-likeness (QED) is 0.391. The van der Waals surface area contributed by atoms with E-state index in [2.05, 4.69) is 4.99 Å². The molecule has 1 aromatic carbocycles. The third-order valence-corrected chi connectivity index (χ3v) is 1.65. The highest BCUT2D eigenvalue weighted by molar-refractivity contribution is 5.94. The molecule has 0 aliphatic carbocycles. The highest BCUT2D eigenvalue weighted by Crippen LogP contribution is 2.09. The molecule has 4 heteroatoms. The fourth-order valence-corrected chi connectivity index (χ4v) is 0.910. The molecule has 0 saturated heterocycles. The summed E-state index contributed by atoms with van der Waals surface area (Å²) in [5.74, 6) is 0.189. The zero-order chi connectivity index (χ0) is 9.68. The van der Waals surface area contributed by atoms with Crippen molar-refractivity contribution >= 4 is 11.6 Å². The Balaban J connectivity index is 2.87. The van der Waals surface area contributed by atoms with E-state index in [9.17, 15) is 0 Å². The zero-order valence-electron chi connectivity index (χ0n) is 7.31. The van der Waals surface area contributed by atoms with Gasteiger partial charge in [-0.2, -0.15) is 5.26 Å². The van der Waals surface area contributed by atoms with E-state index in [1.54, 1.807) is 18.1 Å². The number of hydrogen-bond acceptors (Lipinski definition) is 2. The van der Waals surface area contributed by atoms with Crippen molar-refractivity contribution in [2.75, 3.05) is 11.9 Å². The Hall–Kier alpha value is -2.02. The highest BCUT2D eigenvalue weighted by Gasteiger charge is 2.02. The maximum absolute atomic E-state index is 8.29. The van der Waals surface area contributed by atoms with Crippen molar-refractivity contribution < 1.29 is 0 Å². The molecule has 0 radical (unpaired) electrons. The number of hydrogen-bond donors (Lipinski definition) is 1. The first-order valence-corrected chi connectivity index (χ1v) is 3.76. The van der Waals surface area contributed by atoms with Crippen LogP contribution in [0.5, 0.6) is 0 Å². The lowest BCUT2D eigenvalue weighted by atomic mass is 10.3. The Bertz CT molecular complexity index is 336. The van der Waals surface area contributed by atoms with Crippen LogP contribution in [0.3, 0.4) is 0 Å². The molecule has 0 fully saturated rings. The van der Waals surface area contributed by atoms with E-state index in [4.69, 9.17) is 11.0 Å². The maximum Gasteiger partial charge on any atom is 0.211 e. The molecule has 0 aliphatic rings. The van der Waals surface area contributed by atoms with Gasteiger partial charge in [-0.15, -0.1) is 4.99 Å². The lowest BCUT2D eigenvalue weighted by Crippen LogP contribution is -2.33. The van der Waals surface area contributed by atoms with Crippen molar-refractivity contribution in [1.29, 1.82) is 5.26 Å². The molecular formula is C9H10N4. The molecule has 13 heavy (non-hydrogen) atoms. The standard InChI is InChI=1S/C9H10N4/c1-13(9(11)12-7-10)8-5-3-2-4-6-8/h2-6H,1H3,(H2,11,12). The van der Waals surface area contributed by atoms with Crippen LogP contribution in [0.25, 0.3) is 0 Å². The van der Waals surface area contributed by atoms with Crippen molar-refractivity contribution in [3.8, 4) is 6.19 Å². The SMILES string of the molecule is CN(C(N)=NC#N)c1ccccc1. The van der Waals surface area contributed by atoms with Crippen LogP contribution in [-0.4, -0.2) is 13.0 Å². The van der Waals surface area contributed by atoms with Crippen molar-refractivity contribution in [3.05, 3.63) is 30.3 Å². The Morgan fingerprint density at radius 3 is 2.62 bits per heavy atom. The molecule has 0 aromatic heterocycles. The van der Waals surface area contributed by atoms with E-state index in [1.165, 1.54) is 0 Å². The fraction of sp³-hybridized carbons (Fsp3) is 0.111. The molecule has 66 valence electrons. The van der Waals surface area contributed by atoms with Crippen molar-refractivity contribution in [2.45, 2.75) is 0 Å². The summed E-state index contributed by atoms with van der Waals surface area (Å²) in [6.07, 6.45) is 1.64. The van der Waals surface area contributed by atoms with Gasteiger partial charge in [-0.25, -0.2) is 0 Å². The van der Waals surface area contributed by atoms with Crippen molar-refractivity contribution in [2.24, 2.45) is 10.7 Å². The average Bonchev–Trinajstić information content (AvgIpc) is 2.18. The van der Waals surface area contributed by atoms with Gasteiger partial charge >= 0.3 is 0 Å². The number of benzene rings is 1. The molecule has 1 aromatic rings. The third kappa shape index (κ3) is 2.20. The molecule has 0 atom stereocenters. The normalized spacial score (nSPS) is 10.6. The summed E-state index contributed by atoms with van der Waals surface area (Å²) >= 11 is 0. The predicted octanol–water partition coefficient (Wildman–Crippen LogP) is 0.919. The van der Waals surface area contributed by atoms with Gasteiger partial charge in [-0.1, -0.05) is 18.2 Å². The smallest absolute Gasteiger partial charge is 0.211 e. The molecule has 0 heterocycles. The minimum Gasteiger partial charge on any atom is -0.369 e. The summed E-state index contributed by atoms with van der Waals surface area (Å²) in [6.45, 7) is 0. The number of anilines is 1. The van der Waals surface area contributed by atoms with E-state index < -0.39 is 0 Å². The Morgan fingerprint density at radius 2 is 2.08 bits per heavy atom. The van der Waals surface area contributed by atoms with Crippen molar-refractivity contribution in [3.63, 3.8) is 0 Å². The molecule has 0 spiro atoms. The average molecular weight is 174 g/mol. The van der Waals surface area contributed by atoms with E-state index in [0.717, 1.165) is 5.69 Å². The second-order valence-electron chi connectivity index (χ2n) is 2.46. The van der Waals surface area contributed by atoms with Crippen LogP contribution in [0, 0.1) is 11.5 Å². The molecular weight excluding hydrogens is 164 g/mol. The summed E-state index contributed by atoms with van der Waals surface area (Å²) in [7, 11) is 1.76. The molecule has 0 saturated carbocycles. The topological polar surface area (TPSA) is 65.4 Å². The Labute approximate surface area is 76.9 Å². The molecule has 4 nitrogen and oxygen atoms in total. The predicted molar refractivity (Wildman–Crippen MR) is 52.1 cm³/mol. The van der Waals surface area contributed by atoms with Gasteiger partial charge in [0.05, 0.1) is 0 Å². The number of aliphatic imine (C=N–C) groups is 1. The van der Waals surface area contributed by atoms with E-state index in [-0.39, 0.29) is 5.96 Å². The largest absolute Gasteiger partial charge is 0.369 e. The molecule has 2 N–H and O–H groups in total. The summed E-state index contributed by atoms with van der Waals surface area (Å²) in [5, 5.41) is 8.29. The van der Waals surface area contributed by atoms with E-state index in [1.807, 2.05) is 30.3 Å². The Kier molecular flexibility index (Phi) is 2.87. The summed E-state index contributed by atoms with van der Waals surface area (Å²) < 4.78 is 0. The summed E-state index contributed by atoms with van der Waals surface area (Å²) in [4.78, 5) is 5.07. The first-order chi connectivity index (χ1) is 6.25. The molecule has 0 amide bonds. The summed E-state index contributed by atoms with van der Waals surface area (Å²) in [5.41, 5.74) is 6.42. The zero-order valence-corrected chi connectivity index (χ0v) is 7.31. The van der Waals surface area contributed by atoms with E-state index in [0.29, 0.717) is 0 Å². The van der Waals surface area contributed by atoms with Gasteiger partial charge in [-0.05, 0) is 12.1 Å². The molecule has 1 rings (SSSR count). The van der Waals surface area contributed by atoms with Gasteiger partial charge < -0.3 is 10.6 Å². The van der Waals surface area contributed by atoms with Crippen LogP contribution < -0.4 is 10.6 Å². The van der Waals surface area contributed by atoms with Crippen LogP contribution in [0.1, 0.15) is 0 Å². The van der Waals surface area contributed by atoms with Gasteiger partial charge in [0.15, 0.2) is 0 Å². The minimum absolute atomic E-state index is 0.189. The minimum atomic E-state index is 0.189. The number of guanidine groups is 1. The number of para-hydroxylation sites is 1. The lowest BCUT2D eigenvalue weighted by molar-refractivity contribution is 1.22. The molecule has 0 bridgehead atoms. The van der Waals surface area contributed by atoms with E-state index >= 15 is 0 Å². The van der Waals surface area contributed by atoms with Crippen LogP contribution >= 0.6 is 0 Å². The monoisotopic (exact) mass is 174 g/mol. The van der Waals surface area contributed by atoms with Gasteiger partial charge in [0, 0.05) is 12.7 Å². The summed E-state index contributed by atoms with van der Waals surface area (Å²) in [6, 6.07) is 9.48. The third-order valence-electron chi connectivity index (χ3n) is 1.65. The number of nitrogens with zero attached hydrogens (tertiary/aromatic N) is 3. The fourth-order valence-electron chi connectivity index (χ4n) is 0.910. The van der Waals surface area contributed by atoms with Gasteiger partial charge in [-0.3, -0.25) is 0 Å².